The molecule has 158 valence electrons. The van der Waals surface area contributed by atoms with Crippen LogP contribution >= 0.6 is 0 Å². The summed E-state index contributed by atoms with van der Waals surface area (Å²) >= 11 is 0. The first kappa shape index (κ1) is 20.5. The van der Waals surface area contributed by atoms with E-state index in [1.165, 1.54) is 13.1 Å². The molecule has 0 radical (unpaired) electrons. The Morgan fingerprint density at radius 1 is 1.03 bits per heavy atom. The van der Waals surface area contributed by atoms with Crippen molar-refractivity contribution < 1.29 is 22.4 Å². The van der Waals surface area contributed by atoms with Gasteiger partial charge < -0.3 is 5.73 Å². The molecule has 2 aromatic carbocycles. The van der Waals surface area contributed by atoms with Crippen molar-refractivity contribution in [2.75, 3.05) is 7.05 Å². The molecule has 0 saturated heterocycles. The molecule has 0 bridgehead atoms. The molecular formula is C22H16F4N4O. The number of nitrogens with two attached hydrogens (primary N) is 1. The van der Waals surface area contributed by atoms with Gasteiger partial charge in [0.2, 0.25) is 0 Å². The molecule has 1 aliphatic heterocycles. The van der Waals surface area contributed by atoms with Crippen LogP contribution in [0.4, 0.5) is 17.6 Å². The Bertz CT molecular complexity index is 1200. The number of carbonyl (C=O) groups excluding carboxylic acids is 1. The minimum atomic E-state index is -2.93. The van der Waals surface area contributed by atoms with Crippen molar-refractivity contribution in [2.24, 2.45) is 10.7 Å². The molecule has 5 nitrogen and oxygen atoms in total. The van der Waals surface area contributed by atoms with Crippen LogP contribution in [-0.2, 0) is 10.3 Å². The topological polar surface area (TPSA) is 71.6 Å². The van der Waals surface area contributed by atoms with Crippen LogP contribution in [0.1, 0.15) is 23.2 Å². The summed E-state index contributed by atoms with van der Waals surface area (Å²) in [5.41, 5.74) is 3.22. The average Bonchev–Trinajstić information content (AvgIpc) is 2.99. The second kappa shape index (κ2) is 7.50. The third-order valence-electron chi connectivity index (χ3n) is 5.19. The van der Waals surface area contributed by atoms with E-state index < -0.39 is 35.2 Å². The summed E-state index contributed by atoms with van der Waals surface area (Å²) in [4.78, 5) is 22.0. The number of nitrogens with zero attached hydrogens (tertiary/aromatic N) is 3. The van der Waals surface area contributed by atoms with Crippen molar-refractivity contribution in [1.82, 2.24) is 9.88 Å². The molecule has 9 heteroatoms. The lowest BCUT2D eigenvalue weighted by Crippen LogP contribution is -2.41. The second-order valence-corrected chi connectivity index (χ2v) is 6.99. The van der Waals surface area contributed by atoms with Gasteiger partial charge in [0.25, 0.3) is 12.3 Å². The molecule has 1 amide bonds. The lowest BCUT2D eigenvalue weighted by molar-refractivity contribution is -0.129. The van der Waals surface area contributed by atoms with E-state index in [4.69, 9.17) is 5.73 Å². The summed E-state index contributed by atoms with van der Waals surface area (Å²) in [5.74, 6) is -2.90. The number of hydrogen-bond acceptors (Lipinski definition) is 4. The molecule has 0 fully saturated rings. The summed E-state index contributed by atoms with van der Waals surface area (Å²) in [7, 11) is 1.33. The maximum absolute atomic E-state index is 15.1. The quantitative estimate of drug-likeness (QED) is 0.639. The lowest BCUT2D eigenvalue weighted by atomic mass is 9.81. The first-order valence-electron chi connectivity index (χ1n) is 9.18. The van der Waals surface area contributed by atoms with Crippen LogP contribution in [0.3, 0.4) is 0 Å². The highest BCUT2D eigenvalue weighted by molar-refractivity contribution is 6.09. The van der Waals surface area contributed by atoms with Gasteiger partial charge in [-0.15, -0.1) is 0 Å². The Hall–Kier alpha value is -3.75. The van der Waals surface area contributed by atoms with Gasteiger partial charge in [0.1, 0.15) is 17.3 Å². The van der Waals surface area contributed by atoms with Crippen molar-refractivity contribution in [3.8, 4) is 11.1 Å². The predicted molar refractivity (Wildman–Crippen MR) is 106 cm³/mol. The van der Waals surface area contributed by atoms with Crippen LogP contribution < -0.4 is 5.73 Å². The highest BCUT2D eigenvalue weighted by Gasteiger charge is 2.51. The molecule has 1 aliphatic rings. The van der Waals surface area contributed by atoms with Gasteiger partial charge in [-0.3, -0.25) is 14.7 Å². The van der Waals surface area contributed by atoms with Gasteiger partial charge >= 0.3 is 0 Å². The smallest absolute Gasteiger partial charge is 0.280 e. The van der Waals surface area contributed by atoms with Gasteiger partial charge in [0.05, 0.1) is 0 Å². The van der Waals surface area contributed by atoms with Gasteiger partial charge in [-0.1, -0.05) is 30.3 Å². The summed E-state index contributed by atoms with van der Waals surface area (Å²) in [5, 5.41) is 0. The number of hydrogen-bond donors (Lipinski definition) is 1. The third kappa shape index (κ3) is 3.22. The minimum Gasteiger partial charge on any atom is -0.369 e. The maximum Gasteiger partial charge on any atom is 0.280 e. The number of amides is 1. The Labute approximate surface area is 174 Å². The average molecular weight is 428 g/mol. The number of guanidine groups is 1. The standard InChI is InChI=1S/C22H16F4N4O/c1-30-20(31)22(29-21(30)27,13-7-8-28-18(9-13)19(25)26)15-10-14(16(23)11-17(15)24)12-5-3-2-4-6-12/h2-11,19H,1H3,(H2,27,29). The number of benzene rings is 2. The third-order valence-corrected chi connectivity index (χ3v) is 5.19. The van der Waals surface area contributed by atoms with Crippen molar-refractivity contribution in [3.63, 3.8) is 0 Å². The number of rotatable bonds is 4. The molecule has 4 rings (SSSR count). The van der Waals surface area contributed by atoms with Crippen LogP contribution in [0.5, 0.6) is 0 Å². The fourth-order valence-electron chi connectivity index (χ4n) is 3.62. The fraction of sp³-hybridized carbons (Fsp3) is 0.136. The zero-order valence-corrected chi connectivity index (χ0v) is 16.2. The van der Waals surface area contributed by atoms with E-state index in [-0.39, 0.29) is 22.6 Å². The van der Waals surface area contributed by atoms with E-state index in [1.54, 1.807) is 30.3 Å². The Balaban J connectivity index is 2.03. The number of aromatic nitrogens is 1. The lowest BCUT2D eigenvalue weighted by Gasteiger charge is -2.27. The Morgan fingerprint density at radius 2 is 1.74 bits per heavy atom. The molecule has 0 saturated carbocycles. The highest BCUT2D eigenvalue weighted by Crippen LogP contribution is 2.43. The molecule has 1 unspecified atom stereocenters. The number of alkyl halides is 2. The summed E-state index contributed by atoms with van der Waals surface area (Å²) in [6.07, 6.45) is -1.85. The van der Waals surface area contributed by atoms with Crippen LogP contribution in [-0.4, -0.2) is 28.8 Å². The van der Waals surface area contributed by atoms with Crippen LogP contribution in [0.25, 0.3) is 11.1 Å². The molecule has 3 aromatic rings. The summed E-state index contributed by atoms with van der Waals surface area (Å²) in [6, 6.07) is 12.4. The number of aliphatic imine (C=N–C) groups is 1. The van der Waals surface area contributed by atoms with Crippen LogP contribution in [0.2, 0.25) is 0 Å². The first-order chi connectivity index (χ1) is 14.8. The Kier molecular flexibility index (Phi) is 4.96. The van der Waals surface area contributed by atoms with E-state index >= 15 is 4.39 Å². The first-order valence-corrected chi connectivity index (χ1v) is 9.18. The van der Waals surface area contributed by atoms with E-state index in [2.05, 4.69) is 9.98 Å². The number of pyridine rings is 1. The number of carbonyl (C=O) groups is 1. The van der Waals surface area contributed by atoms with Crippen molar-refractivity contribution in [1.29, 1.82) is 0 Å². The molecule has 31 heavy (non-hydrogen) atoms. The Morgan fingerprint density at radius 3 is 2.35 bits per heavy atom. The molecule has 1 atom stereocenters. The van der Waals surface area contributed by atoms with Gasteiger partial charge in [0, 0.05) is 30.4 Å². The van der Waals surface area contributed by atoms with Crippen LogP contribution in [0.15, 0.2) is 65.8 Å². The van der Waals surface area contributed by atoms with E-state index in [0.29, 0.717) is 11.6 Å². The van der Waals surface area contributed by atoms with E-state index in [1.807, 2.05) is 0 Å². The molecule has 0 aliphatic carbocycles. The summed E-state index contributed by atoms with van der Waals surface area (Å²) < 4.78 is 56.4. The zero-order valence-electron chi connectivity index (χ0n) is 16.2. The van der Waals surface area contributed by atoms with E-state index in [9.17, 15) is 18.0 Å². The van der Waals surface area contributed by atoms with Gasteiger partial charge in [0.15, 0.2) is 11.5 Å². The normalized spacial score (nSPS) is 18.6. The zero-order chi connectivity index (χ0) is 22.3. The van der Waals surface area contributed by atoms with Gasteiger partial charge in [-0.05, 0) is 29.3 Å². The summed E-state index contributed by atoms with van der Waals surface area (Å²) in [6.45, 7) is 0. The molecule has 1 aromatic heterocycles. The SMILES string of the molecule is CN1C(=O)C(c2ccnc(C(F)F)c2)(c2cc(-c3ccccc3)c(F)cc2F)N=C1N. The highest BCUT2D eigenvalue weighted by atomic mass is 19.3. The largest absolute Gasteiger partial charge is 0.369 e. The molecule has 2 heterocycles. The van der Waals surface area contributed by atoms with Crippen molar-refractivity contribution in [3.05, 3.63) is 89.2 Å². The maximum atomic E-state index is 15.1. The number of halogens is 4. The molecule has 2 N–H and O–H groups in total. The fourth-order valence-corrected chi connectivity index (χ4v) is 3.62. The monoisotopic (exact) mass is 428 g/mol. The minimum absolute atomic E-state index is 0.0237. The number of likely N-dealkylation sites (N-methyl/N-ethyl adjacent to an activating group) is 1. The molecule has 0 spiro atoms. The van der Waals surface area contributed by atoms with E-state index in [0.717, 1.165) is 23.2 Å². The predicted octanol–water partition coefficient (Wildman–Crippen LogP) is 3.99. The van der Waals surface area contributed by atoms with Gasteiger partial charge in [-0.2, -0.15) is 0 Å². The molecular weight excluding hydrogens is 412 g/mol. The van der Waals surface area contributed by atoms with Crippen LogP contribution in [0, 0.1) is 11.6 Å². The van der Waals surface area contributed by atoms with Crippen molar-refractivity contribution >= 4 is 11.9 Å². The van der Waals surface area contributed by atoms with Gasteiger partial charge in [-0.25, -0.2) is 22.6 Å². The second-order valence-electron chi connectivity index (χ2n) is 6.99. The van der Waals surface area contributed by atoms with Crippen molar-refractivity contribution in [2.45, 2.75) is 12.0 Å².